The number of methoxy groups -OCH3 is 1. The predicted octanol–water partition coefficient (Wildman–Crippen LogP) is 6.92. The number of ether oxygens (including phenoxy) is 3. The van der Waals surface area contributed by atoms with Gasteiger partial charge in [-0.1, -0.05) is 13.3 Å². The number of rotatable bonds is 12. The highest BCUT2D eigenvalue weighted by Gasteiger charge is 2.44. The molecule has 4 N–H and O–H groups in total. The summed E-state index contributed by atoms with van der Waals surface area (Å²) in [6, 6.07) is 1.38. The van der Waals surface area contributed by atoms with Crippen molar-refractivity contribution in [1.82, 2.24) is 25.2 Å². The number of nitrogen functional groups attached to an aromatic ring is 1. The highest BCUT2D eigenvalue weighted by Crippen LogP contribution is 2.52. The largest absolute Gasteiger partial charge is 0.474 e. The van der Waals surface area contributed by atoms with Crippen molar-refractivity contribution in [2.45, 2.75) is 96.0 Å². The minimum atomic E-state index is -5.02. The van der Waals surface area contributed by atoms with Crippen LogP contribution in [0.4, 0.5) is 33.5 Å². The van der Waals surface area contributed by atoms with Gasteiger partial charge >= 0.3 is 12.2 Å². The Hall–Kier alpha value is -3.56. The van der Waals surface area contributed by atoms with E-state index >= 15 is 4.39 Å². The van der Waals surface area contributed by atoms with Crippen LogP contribution in [0.25, 0.3) is 22.2 Å². The van der Waals surface area contributed by atoms with E-state index in [1.165, 1.54) is 40.1 Å². The summed E-state index contributed by atoms with van der Waals surface area (Å²) < 4.78 is 91.3. The third-order valence-electron chi connectivity index (χ3n) is 9.36. The van der Waals surface area contributed by atoms with Gasteiger partial charge in [-0.15, -0.1) is 0 Å². The molecule has 6 rings (SSSR count). The number of nitrogens with two attached hydrogens (primary N) is 1. The average molecular weight is 710 g/mol. The summed E-state index contributed by atoms with van der Waals surface area (Å²) in [6.07, 6.45) is 0.532. The molecule has 3 atom stereocenters. The molecule has 2 saturated heterocycles. The zero-order valence-corrected chi connectivity index (χ0v) is 29.4. The van der Waals surface area contributed by atoms with E-state index in [-0.39, 0.29) is 34.7 Å². The maximum atomic E-state index is 16.2. The zero-order chi connectivity index (χ0) is 36.2. The fourth-order valence-electron chi connectivity index (χ4n) is 6.73. The van der Waals surface area contributed by atoms with Crippen LogP contribution in [0.3, 0.4) is 0 Å². The van der Waals surface area contributed by atoms with Crippen LogP contribution in [-0.2, 0) is 10.9 Å². The van der Waals surface area contributed by atoms with Gasteiger partial charge in [-0.2, -0.15) is 23.1 Å². The van der Waals surface area contributed by atoms with Crippen LogP contribution in [0, 0.1) is 11.6 Å². The number of halogens is 5. The van der Waals surface area contributed by atoms with Crippen LogP contribution < -0.4 is 25.8 Å². The standard InChI is InChI=1S/C28H35F5N6O2.C7H13NO/c1-6-7-10-36-13(2)11-14(3)41-26-19-24(38-27(40-5)39-25(19)35-4)22(30)23(37-26)16-12-17(34)21(29)18(15-8-9-15)20(16)28(31,32)33;1-2-7-6-9-5-4-8(7)3-1/h12-15,36H,6-11,34H2,1-5H3,(H,35,38,39);7H,1-6H2. The van der Waals surface area contributed by atoms with Crippen LogP contribution in [-0.4, -0.2) is 85.0 Å². The average Bonchev–Trinajstić information content (AvgIpc) is 3.81. The van der Waals surface area contributed by atoms with E-state index in [2.05, 4.69) is 37.4 Å². The van der Waals surface area contributed by atoms with Gasteiger partial charge in [0.25, 0.3) is 0 Å². The van der Waals surface area contributed by atoms with Crippen molar-refractivity contribution < 1.29 is 36.2 Å². The Balaban J connectivity index is 0.000000462. The zero-order valence-electron chi connectivity index (χ0n) is 29.4. The number of aromatic nitrogens is 3. The minimum Gasteiger partial charge on any atom is -0.474 e. The molecule has 1 aliphatic carbocycles. The first-order chi connectivity index (χ1) is 23.9. The van der Waals surface area contributed by atoms with E-state index in [0.29, 0.717) is 19.3 Å². The van der Waals surface area contributed by atoms with Crippen molar-refractivity contribution in [3.8, 4) is 23.1 Å². The van der Waals surface area contributed by atoms with Crippen LogP contribution in [0.15, 0.2) is 6.07 Å². The van der Waals surface area contributed by atoms with Gasteiger partial charge in [-0.25, -0.2) is 13.8 Å². The number of anilines is 2. The Morgan fingerprint density at radius 2 is 1.86 bits per heavy atom. The second-order valence-corrected chi connectivity index (χ2v) is 13.3. The Kier molecular flexibility index (Phi) is 12.2. The van der Waals surface area contributed by atoms with Gasteiger partial charge in [0.2, 0.25) is 5.88 Å². The summed E-state index contributed by atoms with van der Waals surface area (Å²) in [5.41, 5.74) is 1.65. The van der Waals surface area contributed by atoms with Gasteiger partial charge in [0.05, 0.1) is 37.7 Å². The molecule has 2 aliphatic heterocycles. The molecule has 0 radical (unpaired) electrons. The Labute approximate surface area is 289 Å². The summed E-state index contributed by atoms with van der Waals surface area (Å²) in [5.74, 6) is -3.07. The molecule has 1 aromatic carbocycles. The minimum absolute atomic E-state index is 0.0269. The van der Waals surface area contributed by atoms with Crippen LogP contribution in [0.2, 0.25) is 0 Å². The topological polar surface area (TPSA) is 120 Å². The van der Waals surface area contributed by atoms with Gasteiger partial charge in [0.15, 0.2) is 5.82 Å². The summed E-state index contributed by atoms with van der Waals surface area (Å²) in [7, 11) is 2.81. The third-order valence-corrected chi connectivity index (χ3v) is 9.36. The van der Waals surface area contributed by atoms with E-state index in [1.807, 2.05) is 6.92 Å². The normalized spacial score (nSPS) is 19.0. The fraction of sp³-hybridized carbons (Fsp3) is 0.629. The van der Waals surface area contributed by atoms with E-state index in [4.69, 9.17) is 19.9 Å². The molecular formula is C35H48F5N7O3. The summed E-state index contributed by atoms with van der Waals surface area (Å²) in [4.78, 5) is 15.1. The first-order valence-corrected chi connectivity index (χ1v) is 17.4. The number of nitrogens with one attached hydrogen (secondary N) is 2. The van der Waals surface area contributed by atoms with Crippen molar-refractivity contribution in [1.29, 1.82) is 0 Å². The Morgan fingerprint density at radius 3 is 2.50 bits per heavy atom. The van der Waals surface area contributed by atoms with E-state index in [1.54, 1.807) is 6.92 Å². The van der Waals surface area contributed by atoms with Crippen molar-refractivity contribution >= 4 is 22.4 Å². The van der Waals surface area contributed by atoms with Gasteiger partial charge in [-0.3, -0.25) is 4.90 Å². The smallest absolute Gasteiger partial charge is 0.417 e. The molecule has 1 saturated carbocycles. The highest BCUT2D eigenvalue weighted by molar-refractivity contribution is 5.96. The molecule has 0 amide bonds. The van der Waals surface area contributed by atoms with Crippen molar-refractivity contribution in [2.24, 2.45) is 0 Å². The van der Waals surface area contributed by atoms with E-state index < -0.39 is 57.9 Å². The molecule has 0 bridgehead atoms. The number of alkyl halides is 3. The number of hydrogen-bond donors (Lipinski definition) is 3. The molecule has 3 aromatic rings. The van der Waals surface area contributed by atoms with E-state index in [0.717, 1.165) is 44.7 Å². The molecule has 50 heavy (non-hydrogen) atoms. The molecule has 3 fully saturated rings. The third kappa shape index (κ3) is 8.48. The Bertz CT molecular complexity index is 1630. The number of hydrogen-bond acceptors (Lipinski definition) is 10. The quantitative estimate of drug-likeness (QED) is 0.104. The van der Waals surface area contributed by atoms with Gasteiger partial charge in [-0.05, 0) is 77.4 Å². The number of benzene rings is 1. The van der Waals surface area contributed by atoms with Gasteiger partial charge in [0, 0.05) is 36.8 Å². The van der Waals surface area contributed by atoms with Crippen LogP contribution in [0.5, 0.6) is 11.9 Å². The number of fused-ring (bicyclic) bond motifs is 2. The molecule has 3 unspecified atom stereocenters. The second-order valence-electron chi connectivity index (χ2n) is 13.3. The van der Waals surface area contributed by atoms with Gasteiger partial charge in [0.1, 0.15) is 28.2 Å². The molecule has 0 spiro atoms. The lowest BCUT2D eigenvalue weighted by Gasteiger charge is -2.28. The van der Waals surface area contributed by atoms with Crippen molar-refractivity contribution in [2.75, 3.05) is 58.1 Å². The number of pyridine rings is 1. The SMILES string of the molecule is C1CC2COCCN2C1.CCCCNC(C)CC(C)Oc1nc(-c2cc(N)c(F)c(C3CC3)c2C(F)(F)F)c(F)c2nc(OC)nc(NC)c12. The molecule has 2 aromatic heterocycles. The predicted molar refractivity (Wildman–Crippen MR) is 183 cm³/mol. The number of morpholine rings is 1. The van der Waals surface area contributed by atoms with Crippen LogP contribution >= 0.6 is 0 Å². The monoisotopic (exact) mass is 709 g/mol. The summed E-state index contributed by atoms with van der Waals surface area (Å²) in [5, 5.41) is 6.24. The highest BCUT2D eigenvalue weighted by atomic mass is 19.4. The molecular weight excluding hydrogens is 661 g/mol. The van der Waals surface area contributed by atoms with Crippen molar-refractivity contribution in [3.05, 3.63) is 28.8 Å². The lowest BCUT2D eigenvalue weighted by atomic mass is 9.93. The molecule has 276 valence electrons. The first kappa shape index (κ1) is 37.7. The molecule has 10 nitrogen and oxygen atoms in total. The number of unbranched alkanes of at least 4 members (excludes halogenated alkanes) is 1. The summed E-state index contributed by atoms with van der Waals surface area (Å²) in [6.45, 7) is 11.1. The number of nitrogens with zero attached hydrogens (tertiary/aromatic N) is 4. The maximum Gasteiger partial charge on any atom is 0.417 e. The maximum absolute atomic E-state index is 16.2. The van der Waals surface area contributed by atoms with Crippen molar-refractivity contribution in [3.63, 3.8) is 0 Å². The summed E-state index contributed by atoms with van der Waals surface area (Å²) >= 11 is 0. The second kappa shape index (κ2) is 16.2. The lowest BCUT2D eigenvalue weighted by molar-refractivity contribution is -0.137. The molecule has 4 heterocycles. The first-order valence-electron chi connectivity index (χ1n) is 17.4. The fourth-order valence-corrected chi connectivity index (χ4v) is 6.73. The van der Waals surface area contributed by atoms with Gasteiger partial charge < -0.3 is 30.6 Å². The van der Waals surface area contributed by atoms with E-state index in [9.17, 15) is 17.6 Å². The molecule has 15 heteroatoms. The van der Waals surface area contributed by atoms with Crippen LogP contribution in [0.1, 0.15) is 82.8 Å². The Morgan fingerprint density at radius 1 is 1.10 bits per heavy atom. The lowest BCUT2D eigenvalue weighted by Crippen LogP contribution is -2.40. The molecule has 3 aliphatic rings.